The molecule has 2 aliphatic heterocycles. The summed E-state index contributed by atoms with van der Waals surface area (Å²) in [6, 6.07) is 6.68. The molecule has 0 spiro atoms. The zero-order chi connectivity index (χ0) is 46.8. The normalized spacial score (nSPS) is 29.7. The van der Waals surface area contributed by atoms with Crippen LogP contribution in [0.1, 0.15) is 105 Å². The predicted octanol–water partition coefficient (Wildman–Crippen LogP) is 1.04. The van der Waals surface area contributed by atoms with Crippen molar-refractivity contribution >= 4 is 17.6 Å². The van der Waals surface area contributed by atoms with Crippen LogP contribution in [0.15, 0.2) is 24.3 Å². The summed E-state index contributed by atoms with van der Waals surface area (Å²) in [4.78, 5) is 27.1. The third kappa shape index (κ3) is 16.9. The van der Waals surface area contributed by atoms with Crippen LogP contribution < -0.4 is 10.1 Å². The number of carbonyl (C=O) groups excluding carboxylic acids is 2. The smallest absolute Gasteiger partial charge is 0.311 e. The number of methoxy groups -OCH3 is 1. The molecule has 0 saturated carbocycles. The summed E-state index contributed by atoms with van der Waals surface area (Å²) in [6.07, 6.45) is -15.7. The zero-order valence-corrected chi connectivity index (χ0v) is 37.5. The molecule has 0 radical (unpaired) electrons. The number of esters is 2. The van der Waals surface area contributed by atoms with Crippen molar-refractivity contribution < 1.29 is 88.7 Å². The molecule has 0 amide bonds. The Kier molecular flexibility index (Phi) is 24.0. The fourth-order valence-corrected chi connectivity index (χ4v) is 7.37. The fraction of sp³-hybridized carbons (Fsp3) is 0.818. The Morgan fingerprint density at radius 2 is 1.37 bits per heavy atom. The third-order valence-corrected chi connectivity index (χ3v) is 11.7. The van der Waals surface area contributed by atoms with Gasteiger partial charge in [-0.25, -0.2) is 0 Å². The van der Waals surface area contributed by atoms with E-state index in [1.807, 2.05) is 6.92 Å². The maximum absolute atomic E-state index is 13.7. The van der Waals surface area contributed by atoms with E-state index in [-0.39, 0.29) is 19.1 Å². The Hall–Kier alpha value is -2.76. The van der Waals surface area contributed by atoms with Crippen molar-refractivity contribution in [1.82, 2.24) is 0 Å². The summed E-state index contributed by atoms with van der Waals surface area (Å²) in [7, 11) is 1.50. The first kappa shape index (κ1) is 54.6. The molecule has 0 aromatic heterocycles. The van der Waals surface area contributed by atoms with Gasteiger partial charge in [0, 0.05) is 18.7 Å². The Balaban J connectivity index is 1.95. The van der Waals surface area contributed by atoms with Gasteiger partial charge in [-0.05, 0) is 71.2 Å². The van der Waals surface area contributed by atoms with E-state index in [0.29, 0.717) is 24.3 Å². The second kappa shape index (κ2) is 27.7. The monoisotopic (exact) mass is 905 g/mol. The lowest BCUT2D eigenvalue weighted by Crippen LogP contribution is -2.65. The Morgan fingerprint density at radius 1 is 0.746 bits per heavy atom. The molecule has 2 heterocycles. The molecule has 10 N–H and O–H groups in total. The number of aliphatic hydroxyl groups is 9. The molecule has 1 aromatic carbocycles. The molecule has 2 fully saturated rings. The maximum Gasteiger partial charge on any atom is 0.311 e. The van der Waals surface area contributed by atoms with Gasteiger partial charge in [-0.1, -0.05) is 51.9 Å². The molecule has 1 aromatic rings. The SMILES string of the molecule is CCC[C@H](O)CCCCCCCCCC(=O)O[C@H]1[C@H](O[C@@H](CNc2ccc(OC)cc2)[C@@H](O)[C@H](O)[C@H](O)CO)O[C@@H](C)[C@H](OC(=O)[C@H](C)[C@@H](C)O)[C@H]1O[C@@H]1O[C@@H](C)[C@H](O)[C@@H](O)[C@H]1O. The van der Waals surface area contributed by atoms with Crippen molar-refractivity contribution in [1.29, 1.82) is 0 Å². The molecule has 19 heteroatoms. The van der Waals surface area contributed by atoms with Gasteiger partial charge in [-0.15, -0.1) is 0 Å². The highest BCUT2D eigenvalue weighted by Crippen LogP contribution is 2.34. The molecule has 0 unspecified atom stereocenters. The number of aliphatic hydroxyl groups excluding tert-OH is 9. The highest BCUT2D eigenvalue weighted by molar-refractivity contribution is 5.73. The molecule has 2 saturated heterocycles. The van der Waals surface area contributed by atoms with E-state index in [2.05, 4.69) is 5.32 Å². The zero-order valence-electron chi connectivity index (χ0n) is 37.5. The highest BCUT2D eigenvalue weighted by Gasteiger charge is 2.54. The van der Waals surface area contributed by atoms with Gasteiger partial charge in [0.05, 0.1) is 44.1 Å². The lowest BCUT2D eigenvalue weighted by molar-refractivity contribution is -0.361. The van der Waals surface area contributed by atoms with Gasteiger partial charge in [-0.2, -0.15) is 0 Å². The number of nitrogens with one attached hydrogen (secondary N) is 1. The molecule has 0 bridgehead atoms. The average Bonchev–Trinajstić information content (AvgIpc) is 3.26. The Labute approximate surface area is 370 Å². The molecular weight excluding hydrogens is 830 g/mol. The molecule has 63 heavy (non-hydrogen) atoms. The second-order valence-corrected chi connectivity index (χ2v) is 16.8. The number of carbonyl (C=O) groups is 2. The summed E-state index contributed by atoms with van der Waals surface area (Å²) < 4.78 is 41.7. The van der Waals surface area contributed by atoms with E-state index in [1.54, 1.807) is 24.3 Å². The minimum Gasteiger partial charge on any atom is -0.497 e. The molecule has 19 nitrogen and oxygen atoms in total. The average molecular weight is 906 g/mol. The number of ether oxygens (including phenoxy) is 7. The van der Waals surface area contributed by atoms with Crippen LogP contribution in [0.5, 0.6) is 5.75 Å². The van der Waals surface area contributed by atoms with Gasteiger partial charge in [0.25, 0.3) is 0 Å². The van der Waals surface area contributed by atoms with Gasteiger partial charge in [-0.3, -0.25) is 9.59 Å². The molecule has 2 aliphatic rings. The summed E-state index contributed by atoms with van der Waals surface area (Å²) >= 11 is 0. The summed E-state index contributed by atoms with van der Waals surface area (Å²) in [5.41, 5.74) is 0.527. The Bertz CT molecular complexity index is 1440. The summed E-state index contributed by atoms with van der Waals surface area (Å²) in [6.45, 7) is 6.60. The number of benzene rings is 1. The number of unbranched alkanes of at least 4 members (excludes halogenated alkanes) is 6. The maximum atomic E-state index is 13.7. The van der Waals surface area contributed by atoms with Crippen molar-refractivity contribution in [3.05, 3.63) is 24.3 Å². The van der Waals surface area contributed by atoms with Crippen molar-refractivity contribution in [2.75, 3.05) is 25.6 Å². The van der Waals surface area contributed by atoms with Crippen molar-refractivity contribution in [2.24, 2.45) is 5.92 Å². The summed E-state index contributed by atoms with van der Waals surface area (Å²) in [5.74, 6) is -2.11. The number of rotatable bonds is 28. The molecular formula is C44H75NO18. The standard InChI is InChI=1S/C44H75NO18/c1-7-15-29(48)16-13-11-9-8-10-12-14-17-33(50)61-41-40(63-43-38(55)37(54)34(51)26(4)58-43)39(62-42(56)24(2)25(3)47)27(5)59-44(41)60-32(36(53)35(52)31(49)23-46)22-45-28-18-20-30(57-6)21-19-28/h18-21,24-27,29,31-32,34-41,43-49,51-55H,7-17,22-23H2,1-6H3/t24-,25-,26+,27+,29+,31-,32+,34+,35-,36-,37-,38-,39+,40-,41-,43+,44+/m1/s1. The first-order valence-electron chi connectivity index (χ1n) is 22.4. The Morgan fingerprint density at radius 3 is 1.97 bits per heavy atom. The van der Waals surface area contributed by atoms with Crippen LogP contribution in [-0.2, 0) is 38.0 Å². The van der Waals surface area contributed by atoms with Gasteiger partial charge in [0.15, 0.2) is 24.8 Å². The van der Waals surface area contributed by atoms with Crippen LogP contribution in [0.4, 0.5) is 5.69 Å². The number of anilines is 1. The van der Waals surface area contributed by atoms with E-state index >= 15 is 0 Å². The lowest BCUT2D eigenvalue weighted by Gasteiger charge is -2.48. The van der Waals surface area contributed by atoms with Gasteiger partial charge < -0.3 is 84.4 Å². The first-order chi connectivity index (χ1) is 29.9. The van der Waals surface area contributed by atoms with E-state index in [0.717, 1.165) is 51.4 Å². The van der Waals surface area contributed by atoms with Gasteiger partial charge >= 0.3 is 11.9 Å². The van der Waals surface area contributed by atoms with Crippen LogP contribution in [0.2, 0.25) is 0 Å². The fourth-order valence-electron chi connectivity index (χ4n) is 7.37. The second-order valence-electron chi connectivity index (χ2n) is 16.8. The van der Waals surface area contributed by atoms with E-state index in [4.69, 9.17) is 33.2 Å². The predicted molar refractivity (Wildman–Crippen MR) is 226 cm³/mol. The van der Waals surface area contributed by atoms with Crippen LogP contribution in [0.3, 0.4) is 0 Å². The van der Waals surface area contributed by atoms with E-state index in [1.165, 1.54) is 34.8 Å². The van der Waals surface area contributed by atoms with Crippen LogP contribution in [-0.4, -0.2) is 176 Å². The molecule has 17 atom stereocenters. The van der Waals surface area contributed by atoms with E-state index in [9.17, 15) is 55.5 Å². The minimum absolute atomic E-state index is 0.0742. The quantitative estimate of drug-likeness (QED) is 0.0415. The first-order valence-corrected chi connectivity index (χ1v) is 22.4. The van der Waals surface area contributed by atoms with Crippen LogP contribution >= 0.6 is 0 Å². The number of hydrogen-bond donors (Lipinski definition) is 10. The van der Waals surface area contributed by atoms with Gasteiger partial charge in [0.1, 0.15) is 54.6 Å². The largest absolute Gasteiger partial charge is 0.497 e. The van der Waals surface area contributed by atoms with E-state index < -0.39 is 116 Å². The van der Waals surface area contributed by atoms with Crippen molar-refractivity contribution in [2.45, 2.75) is 203 Å². The highest BCUT2D eigenvalue weighted by atomic mass is 16.8. The van der Waals surface area contributed by atoms with Crippen LogP contribution in [0, 0.1) is 5.92 Å². The molecule has 3 rings (SSSR count). The van der Waals surface area contributed by atoms with Crippen molar-refractivity contribution in [3.8, 4) is 5.75 Å². The lowest BCUT2D eigenvalue weighted by atomic mass is 9.96. The van der Waals surface area contributed by atoms with Gasteiger partial charge in [0.2, 0.25) is 0 Å². The number of hydrogen-bond acceptors (Lipinski definition) is 19. The minimum atomic E-state index is -1.95. The topological polar surface area (TPSA) is 293 Å². The third-order valence-electron chi connectivity index (χ3n) is 11.7. The van der Waals surface area contributed by atoms with Crippen LogP contribution in [0.25, 0.3) is 0 Å². The van der Waals surface area contributed by atoms with Crippen molar-refractivity contribution in [3.63, 3.8) is 0 Å². The molecule has 364 valence electrons. The summed E-state index contributed by atoms with van der Waals surface area (Å²) in [5, 5.41) is 97.5. The molecule has 0 aliphatic carbocycles.